The fraction of sp³-hybridized carbons (Fsp3) is 0.364. The third-order valence-corrected chi connectivity index (χ3v) is 4.21. The van der Waals surface area contributed by atoms with Crippen LogP contribution in [-0.2, 0) is 9.84 Å². The van der Waals surface area contributed by atoms with E-state index in [-0.39, 0.29) is 11.5 Å². The normalized spacial score (nSPS) is 26.4. The van der Waals surface area contributed by atoms with E-state index in [9.17, 15) is 13.5 Å². The Bertz CT molecular complexity index is 561. The predicted octanol–water partition coefficient (Wildman–Crippen LogP) is 0.0950. The van der Waals surface area contributed by atoms with E-state index in [2.05, 4.69) is 0 Å². The Labute approximate surface area is 99.2 Å². The SMILES string of the molecule is N#Cc1cccc(OC2CS(=O)(=O)CC2O)c1. The van der Waals surface area contributed by atoms with Gasteiger partial charge in [0.2, 0.25) is 0 Å². The van der Waals surface area contributed by atoms with Crippen LogP contribution in [0.3, 0.4) is 0 Å². The number of sulfone groups is 1. The molecule has 0 bridgehead atoms. The van der Waals surface area contributed by atoms with Gasteiger partial charge in [-0.25, -0.2) is 8.42 Å². The molecule has 0 aliphatic carbocycles. The van der Waals surface area contributed by atoms with E-state index in [4.69, 9.17) is 10.00 Å². The van der Waals surface area contributed by atoms with Gasteiger partial charge in [-0.15, -0.1) is 0 Å². The molecule has 1 aromatic carbocycles. The van der Waals surface area contributed by atoms with E-state index in [1.54, 1.807) is 18.2 Å². The van der Waals surface area contributed by atoms with E-state index in [1.165, 1.54) is 6.07 Å². The summed E-state index contributed by atoms with van der Waals surface area (Å²) in [7, 11) is -3.22. The Balaban J connectivity index is 2.14. The van der Waals surface area contributed by atoms with Gasteiger partial charge in [0.05, 0.1) is 23.1 Å². The van der Waals surface area contributed by atoms with Crippen molar-refractivity contribution in [1.29, 1.82) is 5.26 Å². The molecule has 1 aliphatic heterocycles. The molecule has 1 aromatic rings. The lowest BCUT2D eigenvalue weighted by Gasteiger charge is -2.15. The van der Waals surface area contributed by atoms with Crippen molar-refractivity contribution in [1.82, 2.24) is 0 Å². The number of hydrogen-bond acceptors (Lipinski definition) is 5. The largest absolute Gasteiger partial charge is 0.487 e. The maximum Gasteiger partial charge on any atom is 0.156 e. The van der Waals surface area contributed by atoms with Gasteiger partial charge >= 0.3 is 0 Å². The monoisotopic (exact) mass is 253 g/mol. The van der Waals surface area contributed by atoms with Gasteiger partial charge < -0.3 is 9.84 Å². The summed E-state index contributed by atoms with van der Waals surface area (Å²) in [6.07, 6.45) is -1.76. The van der Waals surface area contributed by atoms with Crippen LogP contribution >= 0.6 is 0 Å². The molecule has 1 aliphatic rings. The van der Waals surface area contributed by atoms with E-state index in [0.29, 0.717) is 11.3 Å². The van der Waals surface area contributed by atoms with Crippen molar-refractivity contribution in [2.75, 3.05) is 11.5 Å². The second-order valence-electron chi connectivity index (χ2n) is 3.94. The molecule has 90 valence electrons. The number of ether oxygens (including phenoxy) is 1. The number of nitrogens with zero attached hydrogens (tertiary/aromatic N) is 1. The molecule has 1 heterocycles. The lowest BCUT2D eigenvalue weighted by atomic mass is 10.2. The number of rotatable bonds is 2. The van der Waals surface area contributed by atoms with Gasteiger partial charge in [0.15, 0.2) is 9.84 Å². The van der Waals surface area contributed by atoms with Crippen LogP contribution in [0, 0.1) is 11.3 Å². The summed E-state index contributed by atoms with van der Waals surface area (Å²) in [4.78, 5) is 0. The Hall–Kier alpha value is -1.58. The van der Waals surface area contributed by atoms with E-state index >= 15 is 0 Å². The van der Waals surface area contributed by atoms with Gasteiger partial charge in [0.25, 0.3) is 0 Å². The highest BCUT2D eigenvalue weighted by Gasteiger charge is 2.38. The topological polar surface area (TPSA) is 87.4 Å². The zero-order valence-corrected chi connectivity index (χ0v) is 9.72. The molecule has 0 spiro atoms. The third kappa shape index (κ3) is 2.75. The second kappa shape index (κ2) is 4.35. The number of nitriles is 1. The summed E-state index contributed by atoms with van der Waals surface area (Å²) < 4.78 is 27.9. The fourth-order valence-electron chi connectivity index (χ4n) is 1.72. The van der Waals surface area contributed by atoms with Crippen LogP contribution in [0.5, 0.6) is 5.75 Å². The first-order chi connectivity index (χ1) is 8.00. The fourth-order valence-corrected chi connectivity index (χ4v) is 3.39. The van der Waals surface area contributed by atoms with Crippen LogP contribution in [0.25, 0.3) is 0 Å². The maximum absolute atomic E-state index is 11.3. The molecule has 0 saturated carbocycles. The first-order valence-electron chi connectivity index (χ1n) is 5.05. The lowest BCUT2D eigenvalue weighted by molar-refractivity contribution is 0.0738. The third-order valence-electron chi connectivity index (χ3n) is 2.52. The minimum Gasteiger partial charge on any atom is -0.487 e. The van der Waals surface area contributed by atoms with Crippen molar-refractivity contribution >= 4 is 9.84 Å². The van der Waals surface area contributed by atoms with Crippen LogP contribution in [-0.4, -0.2) is 37.2 Å². The maximum atomic E-state index is 11.3. The number of aliphatic hydroxyl groups is 1. The Morgan fingerprint density at radius 2 is 2.18 bits per heavy atom. The molecular formula is C11H11NO4S. The minimum atomic E-state index is -3.22. The molecule has 17 heavy (non-hydrogen) atoms. The summed E-state index contributed by atoms with van der Waals surface area (Å²) in [5.74, 6) is -0.0641. The van der Waals surface area contributed by atoms with Crippen molar-refractivity contribution in [2.24, 2.45) is 0 Å². The number of aliphatic hydroxyl groups excluding tert-OH is 1. The van der Waals surface area contributed by atoms with Crippen LogP contribution in [0.1, 0.15) is 5.56 Å². The van der Waals surface area contributed by atoms with Crippen molar-refractivity contribution < 1.29 is 18.3 Å². The number of benzene rings is 1. The Kier molecular flexibility index (Phi) is 3.05. The van der Waals surface area contributed by atoms with Crippen molar-refractivity contribution in [2.45, 2.75) is 12.2 Å². The van der Waals surface area contributed by atoms with Gasteiger partial charge in [-0.05, 0) is 18.2 Å². The van der Waals surface area contributed by atoms with E-state index in [1.807, 2.05) is 6.07 Å². The quantitative estimate of drug-likeness (QED) is 0.807. The molecule has 6 heteroatoms. The summed E-state index contributed by atoms with van der Waals surface area (Å²) in [6, 6.07) is 8.36. The minimum absolute atomic E-state index is 0.190. The summed E-state index contributed by atoms with van der Waals surface area (Å²) in [5, 5.41) is 18.3. The van der Waals surface area contributed by atoms with E-state index in [0.717, 1.165) is 0 Å². The van der Waals surface area contributed by atoms with Gasteiger partial charge in [0, 0.05) is 0 Å². The van der Waals surface area contributed by atoms with Crippen molar-refractivity contribution in [3.63, 3.8) is 0 Å². The second-order valence-corrected chi connectivity index (χ2v) is 6.09. The average Bonchev–Trinajstić information content (AvgIpc) is 2.52. The Morgan fingerprint density at radius 1 is 1.41 bits per heavy atom. The standard InChI is InChI=1S/C11H11NO4S/c12-5-8-2-1-3-9(4-8)16-11-7-17(14,15)6-10(11)13/h1-4,10-11,13H,6-7H2. The summed E-state index contributed by atoms with van der Waals surface area (Å²) in [5.41, 5.74) is 0.429. The highest BCUT2D eigenvalue weighted by Crippen LogP contribution is 2.21. The van der Waals surface area contributed by atoms with Crippen molar-refractivity contribution in [3.8, 4) is 11.8 Å². The highest BCUT2D eigenvalue weighted by molar-refractivity contribution is 7.91. The summed E-state index contributed by atoms with van der Waals surface area (Å²) in [6.45, 7) is 0. The molecule has 0 aromatic heterocycles. The predicted molar refractivity (Wildman–Crippen MR) is 60.2 cm³/mol. The molecule has 5 nitrogen and oxygen atoms in total. The molecule has 0 amide bonds. The first-order valence-corrected chi connectivity index (χ1v) is 6.87. The lowest BCUT2D eigenvalue weighted by Crippen LogP contribution is -2.29. The van der Waals surface area contributed by atoms with Crippen LogP contribution in [0.2, 0.25) is 0 Å². The Morgan fingerprint density at radius 3 is 2.76 bits per heavy atom. The number of hydrogen-bond donors (Lipinski definition) is 1. The highest BCUT2D eigenvalue weighted by atomic mass is 32.2. The van der Waals surface area contributed by atoms with Crippen LogP contribution in [0.15, 0.2) is 24.3 Å². The molecule has 1 saturated heterocycles. The molecular weight excluding hydrogens is 242 g/mol. The molecule has 1 N–H and O–H groups in total. The average molecular weight is 253 g/mol. The van der Waals surface area contributed by atoms with Crippen LogP contribution < -0.4 is 4.74 Å². The zero-order chi connectivity index (χ0) is 12.5. The van der Waals surface area contributed by atoms with E-state index < -0.39 is 22.0 Å². The molecule has 2 atom stereocenters. The molecule has 2 rings (SSSR count). The van der Waals surface area contributed by atoms with Crippen molar-refractivity contribution in [3.05, 3.63) is 29.8 Å². The molecule has 2 unspecified atom stereocenters. The van der Waals surface area contributed by atoms with Gasteiger partial charge in [-0.2, -0.15) is 5.26 Å². The smallest absolute Gasteiger partial charge is 0.156 e. The molecule has 0 radical (unpaired) electrons. The van der Waals surface area contributed by atoms with Gasteiger partial charge in [-0.3, -0.25) is 0 Å². The zero-order valence-electron chi connectivity index (χ0n) is 8.91. The van der Waals surface area contributed by atoms with Gasteiger partial charge in [-0.1, -0.05) is 6.07 Å². The van der Waals surface area contributed by atoms with Crippen LogP contribution in [0.4, 0.5) is 0 Å². The van der Waals surface area contributed by atoms with Gasteiger partial charge in [0.1, 0.15) is 18.0 Å². The molecule has 1 fully saturated rings. The first kappa shape index (κ1) is 11.9. The summed E-state index contributed by atoms with van der Waals surface area (Å²) >= 11 is 0.